The van der Waals surface area contributed by atoms with E-state index in [-0.39, 0.29) is 23.0 Å². The molecule has 30 heavy (non-hydrogen) atoms. The summed E-state index contributed by atoms with van der Waals surface area (Å²) in [5.41, 5.74) is 0.402. The van der Waals surface area contributed by atoms with Gasteiger partial charge in [-0.1, -0.05) is 41.8 Å². The van der Waals surface area contributed by atoms with Gasteiger partial charge < -0.3 is 13.9 Å². The Bertz CT molecular complexity index is 1130. The molecule has 1 saturated carbocycles. The van der Waals surface area contributed by atoms with Crippen molar-refractivity contribution in [3.05, 3.63) is 62.7 Å². The lowest BCUT2D eigenvalue weighted by molar-refractivity contribution is -0.152. The van der Waals surface area contributed by atoms with Gasteiger partial charge in [0.25, 0.3) is 0 Å². The van der Waals surface area contributed by atoms with Crippen molar-refractivity contribution in [2.45, 2.75) is 38.2 Å². The van der Waals surface area contributed by atoms with Crippen LogP contribution in [0.4, 0.5) is 0 Å². The molecule has 1 aliphatic rings. The first kappa shape index (κ1) is 20.8. The van der Waals surface area contributed by atoms with Crippen LogP contribution in [-0.2, 0) is 9.53 Å². The molecule has 0 bridgehead atoms. The van der Waals surface area contributed by atoms with Gasteiger partial charge in [0, 0.05) is 10.6 Å². The first-order chi connectivity index (χ1) is 14.5. The molecule has 1 aliphatic carbocycles. The van der Waals surface area contributed by atoms with Crippen LogP contribution in [-0.4, -0.2) is 18.7 Å². The van der Waals surface area contributed by atoms with Crippen molar-refractivity contribution in [1.29, 1.82) is 0 Å². The van der Waals surface area contributed by atoms with E-state index in [1.807, 2.05) is 0 Å². The highest BCUT2D eigenvalue weighted by molar-refractivity contribution is 6.33. The Morgan fingerprint density at radius 3 is 2.60 bits per heavy atom. The van der Waals surface area contributed by atoms with E-state index in [0.717, 1.165) is 32.1 Å². The molecule has 0 unspecified atom stereocenters. The molecule has 0 aliphatic heterocycles. The van der Waals surface area contributed by atoms with Crippen LogP contribution < -0.4 is 10.2 Å². The minimum Gasteiger partial charge on any atom is -0.474 e. The van der Waals surface area contributed by atoms with Gasteiger partial charge in [-0.25, -0.2) is 4.79 Å². The number of benzene rings is 2. The van der Waals surface area contributed by atoms with Crippen LogP contribution in [0.5, 0.6) is 5.75 Å². The maximum absolute atomic E-state index is 13.1. The van der Waals surface area contributed by atoms with Gasteiger partial charge in [0.1, 0.15) is 11.7 Å². The molecule has 1 fully saturated rings. The molecule has 0 radical (unpaired) electrons. The molecule has 2 aromatic carbocycles. The number of hydrogen-bond donors (Lipinski definition) is 0. The monoisotopic (exact) mass is 446 g/mol. The lowest BCUT2D eigenvalue weighted by Crippen LogP contribution is -2.25. The van der Waals surface area contributed by atoms with Gasteiger partial charge in [-0.3, -0.25) is 4.79 Å². The fourth-order valence-corrected chi connectivity index (χ4v) is 4.03. The van der Waals surface area contributed by atoms with Crippen LogP contribution in [0.3, 0.4) is 0 Å². The molecule has 0 saturated heterocycles. The van der Waals surface area contributed by atoms with Crippen LogP contribution in [0.2, 0.25) is 10.0 Å². The number of carbonyl (C=O) groups is 1. The summed E-state index contributed by atoms with van der Waals surface area (Å²) in [4.78, 5) is 25.5. The fourth-order valence-electron chi connectivity index (χ4n) is 3.64. The van der Waals surface area contributed by atoms with Crippen LogP contribution in [0.15, 0.2) is 51.7 Å². The van der Waals surface area contributed by atoms with E-state index in [2.05, 4.69) is 0 Å². The molecule has 0 spiro atoms. The lowest BCUT2D eigenvalue weighted by Gasteiger charge is -2.21. The molecule has 7 heteroatoms. The summed E-state index contributed by atoms with van der Waals surface area (Å²) < 4.78 is 17.1. The van der Waals surface area contributed by atoms with Gasteiger partial charge in [0.2, 0.25) is 11.2 Å². The molecular weight excluding hydrogens is 427 g/mol. The van der Waals surface area contributed by atoms with Crippen molar-refractivity contribution in [3.63, 3.8) is 0 Å². The summed E-state index contributed by atoms with van der Waals surface area (Å²) in [6.45, 7) is -0.398. The Labute approximate surface area is 183 Å². The summed E-state index contributed by atoms with van der Waals surface area (Å²) in [5, 5.41) is 1.04. The molecule has 0 amide bonds. The molecule has 0 N–H and O–H groups in total. The summed E-state index contributed by atoms with van der Waals surface area (Å²) in [5.74, 6) is -0.457. The van der Waals surface area contributed by atoms with Crippen LogP contribution in [0.25, 0.3) is 22.3 Å². The normalized spacial score (nSPS) is 14.6. The van der Waals surface area contributed by atoms with E-state index < -0.39 is 18.0 Å². The Balaban J connectivity index is 1.68. The fraction of sp³-hybridized carbons (Fsp3) is 0.304. The number of fused-ring (bicyclic) bond motifs is 1. The number of rotatable bonds is 5. The van der Waals surface area contributed by atoms with Crippen molar-refractivity contribution in [2.24, 2.45) is 0 Å². The molecular formula is C23H20Cl2O5. The maximum Gasteiger partial charge on any atom is 0.344 e. The van der Waals surface area contributed by atoms with E-state index in [1.54, 1.807) is 36.4 Å². The van der Waals surface area contributed by atoms with Gasteiger partial charge in [-0.05, 0) is 56.0 Å². The minimum atomic E-state index is -0.516. The van der Waals surface area contributed by atoms with Crippen molar-refractivity contribution in [3.8, 4) is 17.1 Å². The maximum atomic E-state index is 13.1. The van der Waals surface area contributed by atoms with Crippen molar-refractivity contribution in [2.75, 3.05) is 6.61 Å². The molecule has 1 heterocycles. The van der Waals surface area contributed by atoms with Crippen molar-refractivity contribution < 1.29 is 18.7 Å². The highest BCUT2D eigenvalue weighted by atomic mass is 35.5. The molecule has 4 rings (SSSR count). The smallest absolute Gasteiger partial charge is 0.344 e. The molecule has 156 valence electrons. The van der Waals surface area contributed by atoms with Gasteiger partial charge in [-0.2, -0.15) is 0 Å². The van der Waals surface area contributed by atoms with Gasteiger partial charge in [-0.15, -0.1) is 0 Å². The van der Waals surface area contributed by atoms with Gasteiger partial charge in [0.15, 0.2) is 12.4 Å². The first-order valence-corrected chi connectivity index (χ1v) is 10.6. The zero-order valence-electron chi connectivity index (χ0n) is 16.2. The van der Waals surface area contributed by atoms with Crippen molar-refractivity contribution in [1.82, 2.24) is 0 Å². The summed E-state index contributed by atoms with van der Waals surface area (Å²) in [6.07, 6.45) is 4.87. The number of hydrogen-bond acceptors (Lipinski definition) is 5. The number of ether oxygens (including phenoxy) is 2. The first-order valence-electron chi connectivity index (χ1n) is 9.86. The topological polar surface area (TPSA) is 65.7 Å². The Kier molecular flexibility index (Phi) is 6.30. The third-order valence-electron chi connectivity index (χ3n) is 5.11. The highest BCUT2D eigenvalue weighted by Crippen LogP contribution is 2.35. The quantitative estimate of drug-likeness (QED) is 0.448. The molecule has 3 aromatic rings. The Morgan fingerprint density at radius 1 is 1.07 bits per heavy atom. The second kappa shape index (κ2) is 9.11. The second-order valence-electron chi connectivity index (χ2n) is 7.25. The standard InChI is InChI=1S/C23H20Cl2O5/c24-14-10-11-19-17(12-14)21(27)23(22(30-19)16-8-4-5-9-18(16)25)28-13-20(26)29-15-6-2-1-3-7-15/h4-5,8-12,15H,1-3,6-7,13H2. The number of carbonyl (C=O) groups excluding carboxylic acids is 1. The molecule has 5 nitrogen and oxygen atoms in total. The van der Waals surface area contributed by atoms with E-state index in [0.29, 0.717) is 21.2 Å². The van der Waals surface area contributed by atoms with Gasteiger partial charge >= 0.3 is 5.97 Å². The predicted molar refractivity (Wildman–Crippen MR) is 116 cm³/mol. The molecule has 1 aromatic heterocycles. The molecule has 0 atom stereocenters. The zero-order valence-corrected chi connectivity index (χ0v) is 17.7. The second-order valence-corrected chi connectivity index (χ2v) is 8.09. The zero-order chi connectivity index (χ0) is 21.1. The minimum absolute atomic E-state index is 0.0929. The number of halogens is 2. The highest BCUT2D eigenvalue weighted by Gasteiger charge is 2.22. The largest absolute Gasteiger partial charge is 0.474 e. The van der Waals surface area contributed by atoms with Crippen LogP contribution >= 0.6 is 23.2 Å². The third kappa shape index (κ3) is 4.47. The third-order valence-corrected chi connectivity index (χ3v) is 5.68. The summed E-state index contributed by atoms with van der Waals surface area (Å²) >= 11 is 12.4. The SMILES string of the molecule is O=C(COc1c(-c2ccccc2Cl)oc2ccc(Cl)cc2c1=O)OC1CCCCC1. The lowest BCUT2D eigenvalue weighted by atomic mass is 9.98. The summed E-state index contributed by atoms with van der Waals surface area (Å²) in [6, 6.07) is 11.7. The summed E-state index contributed by atoms with van der Waals surface area (Å²) in [7, 11) is 0. The average Bonchev–Trinajstić information content (AvgIpc) is 2.74. The predicted octanol–water partition coefficient (Wildman–Crippen LogP) is 6.02. The average molecular weight is 447 g/mol. The van der Waals surface area contributed by atoms with Crippen LogP contribution in [0.1, 0.15) is 32.1 Å². The van der Waals surface area contributed by atoms with E-state index in [4.69, 9.17) is 37.1 Å². The number of esters is 1. The van der Waals surface area contributed by atoms with Crippen LogP contribution in [0, 0.1) is 0 Å². The van der Waals surface area contributed by atoms with E-state index in [9.17, 15) is 9.59 Å². The Morgan fingerprint density at radius 2 is 1.83 bits per heavy atom. The van der Waals surface area contributed by atoms with E-state index >= 15 is 0 Å². The van der Waals surface area contributed by atoms with E-state index in [1.165, 1.54) is 6.07 Å². The Hall–Kier alpha value is -2.50. The van der Waals surface area contributed by atoms with Gasteiger partial charge in [0.05, 0.1) is 10.4 Å². The van der Waals surface area contributed by atoms with Crippen molar-refractivity contribution >= 4 is 40.1 Å².